The molecule has 0 radical (unpaired) electrons. The standard InChI is InChI=1S/C8H12N2O2S/c1-2-3-4-5-10-6(8(11)12)7(9)13-5/h2-4,9H2,1H3,(H,11,12). The van der Waals surface area contributed by atoms with Gasteiger partial charge < -0.3 is 10.8 Å². The molecule has 1 rings (SSSR count). The van der Waals surface area contributed by atoms with E-state index in [1.54, 1.807) is 0 Å². The first kappa shape index (κ1) is 9.98. The van der Waals surface area contributed by atoms with E-state index in [9.17, 15) is 4.79 Å². The highest BCUT2D eigenvalue weighted by atomic mass is 32.1. The first-order valence-corrected chi connectivity index (χ1v) is 4.95. The van der Waals surface area contributed by atoms with Gasteiger partial charge in [0.25, 0.3) is 0 Å². The Hall–Kier alpha value is -1.10. The van der Waals surface area contributed by atoms with Crippen molar-refractivity contribution in [1.82, 2.24) is 4.98 Å². The molecule has 0 bridgehead atoms. The van der Waals surface area contributed by atoms with Gasteiger partial charge >= 0.3 is 5.97 Å². The number of aromatic nitrogens is 1. The molecule has 0 aliphatic heterocycles. The Morgan fingerprint density at radius 3 is 2.85 bits per heavy atom. The van der Waals surface area contributed by atoms with Gasteiger partial charge in [-0.2, -0.15) is 0 Å². The normalized spacial score (nSPS) is 10.2. The van der Waals surface area contributed by atoms with Crippen LogP contribution in [0.3, 0.4) is 0 Å². The minimum absolute atomic E-state index is 0.00361. The molecule has 0 aliphatic carbocycles. The molecular weight excluding hydrogens is 188 g/mol. The second kappa shape index (κ2) is 4.23. The summed E-state index contributed by atoms with van der Waals surface area (Å²) in [5, 5.41) is 9.79. The number of carboxylic acids is 1. The van der Waals surface area contributed by atoms with Gasteiger partial charge in [-0.1, -0.05) is 13.3 Å². The van der Waals surface area contributed by atoms with E-state index in [4.69, 9.17) is 10.8 Å². The van der Waals surface area contributed by atoms with E-state index in [0.717, 1.165) is 24.3 Å². The SMILES string of the molecule is CCCCc1nc(C(=O)O)c(N)s1. The average molecular weight is 200 g/mol. The third-order valence-corrected chi connectivity index (χ3v) is 2.59. The fourth-order valence-electron chi connectivity index (χ4n) is 0.966. The predicted octanol–water partition coefficient (Wildman–Crippen LogP) is 1.77. The Morgan fingerprint density at radius 1 is 1.69 bits per heavy atom. The highest BCUT2D eigenvalue weighted by Crippen LogP contribution is 2.22. The molecular formula is C8H12N2O2S. The number of hydrogen-bond acceptors (Lipinski definition) is 4. The molecule has 1 aromatic rings. The van der Waals surface area contributed by atoms with Crippen molar-refractivity contribution in [3.8, 4) is 0 Å². The number of hydrogen-bond donors (Lipinski definition) is 2. The van der Waals surface area contributed by atoms with Crippen LogP contribution >= 0.6 is 11.3 Å². The van der Waals surface area contributed by atoms with Gasteiger partial charge in [-0.15, -0.1) is 11.3 Å². The third-order valence-electron chi connectivity index (χ3n) is 1.64. The topological polar surface area (TPSA) is 76.2 Å². The summed E-state index contributed by atoms with van der Waals surface area (Å²) < 4.78 is 0. The number of anilines is 1. The van der Waals surface area contributed by atoms with Crippen molar-refractivity contribution in [2.75, 3.05) is 5.73 Å². The van der Waals surface area contributed by atoms with Crippen LogP contribution in [-0.2, 0) is 6.42 Å². The van der Waals surface area contributed by atoms with Gasteiger partial charge in [0.1, 0.15) is 5.00 Å². The number of aryl methyl sites for hydroxylation is 1. The molecule has 0 saturated carbocycles. The zero-order valence-electron chi connectivity index (χ0n) is 7.41. The van der Waals surface area contributed by atoms with Crippen LogP contribution in [-0.4, -0.2) is 16.1 Å². The highest BCUT2D eigenvalue weighted by molar-refractivity contribution is 7.15. The Labute approximate surface area is 80.4 Å². The summed E-state index contributed by atoms with van der Waals surface area (Å²) in [6.07, 6.45) is 2.91. The summed E-state index contributed by atoms with van der Waals surface area (Å²) in [5.74, 6) is -1.04. The molecule has 0 aromatic carbocycles. The smallest absolute Gasteiger partial charge is 0.357 e. The van der Waals surface area contributed by atoms with Crippen LogP contribution < -0.4 is 5.73 Å². The maximum absolute atomic E-state index is 10.6. The van der Waals surface area contributed by atoms with Gasteiger partial charge in [-0.3, -0.25) is 0 Å². The van der Waals surface area contributed by atoms with Gasteiger partial charge in [0.2, 0.25) is 0 Å². The molecule has 13 heavy (non-hydrogen) atoms. The van der Waals surface area contributed by atoms with Crippen LogP contribution in [0.5, 0.6) is 0 Å². The van der Waals surface area contributed by atoms with Crippen LogP contribution in [0.25, 0.3) is 0 Å². The Kier molecular flexibility index (Phi) is 3.25. The molecule has 72 valence electrons. The zero-order chi connectivity index (χ0) is 9.84. The fraction of sp³-hybridized carbons (Fsp3) is 0.500. The lowest BCUT2D eigenvalue weighted by molar-refractivity contribution is 0.0692. The molecule has 1 aromatic heterocycles. The van der Waals surface area contributed by atoms with Crippen molar-refractivity contribution in [3.05, 3.63) is 10.7 Å². The van der Waals surface area contributed by atoms with E-state index < -0.39 is 5.97 Å². The second-order valence-electron chi connectivity index (χ2n) is 2.73. The van der Waals surface area contributed by atoms with Crippen molar-refractivity contribution in [2.45, 2.75) is 26.2 Å². The number of aromatic carboxylic acids is 1. The largest absolute Gasteiger partial charge is 0.476 e. The van der Waals surface area contributed by atoms with Crippen molar-refractivity contribution >= 4 is 22.3 Å². The Bertz CT molecular complexity index is 309. The lowest BCUT2D eigenvalue weighted by Crippen LogP contribution is -2.00. The second-order valence-corrected chi connectivity index (χ2v) is 3.84. The molecule has 4 nitrogen and oxygen atoms in total. The number of rotatable bonds is 4. The van der Waals surface area contributed by atoms with E-state index >= 15 is 0 Å². The van der Waals surface area contributed by atoms with Crippen LogP contribution in [0, 0.1) is 0 Å². The number of carbonyl (C=O) groups is 1. The Balaban J connectivity index is 2.76. The number of nitrogens with two attached hydrogens (primary N) is 1. The zero-order valence-corrected chi connectivity index (χ0v) is 8.23. The van der Waals surface area contributed by atoms with Crippen molar-refractivity contribution in [1.29, 1.82) is 0 Å². The number of nitrogen functional groups attached to an aromatic ring is 1. The molecule has 0 spiro atoms. The first-order chi connectivity index (χ1) is 6.15. The number of nitrogens with zero attached hydrogens (tertiary/aromatic N) is 1. The molecule has 0 unspecified atom stereocenters. The number of thiazole rings is 1. The van der Waals surface area contributed by atoms with E-state index in [1.165, 1.54) is 11.3 Å². The van der Waals surface area contributed by atoms with E-state index in [0.29, 0.717) is 5.00 Å². The van der Waals surface area contributed by atoms with E-state index in [1.807, 2.05) is 0 Å². The summed E-state index contributed by atoms with van der Waals surface area (Å²) >= 11 is 1.27. The minimum Gasteiger partial charge on any atom is -0.476 e. The average Bonchev–Trinajstić information content (AvgIpc) is 2.43. The molecule has 3 N–H and O–H groups in total. The highest BCUT2D eigenvalue weighted by Gasteiger charge is 2.14. The van der Waals surface area contributed by atoms with Gasteiger partial charge in [-0.25, -0.2) is 9.78 Å². The Morgan fingerprint density at radius 2 is 2.38 bits per heavy atom. The third kappa shape index (κ3) is 2.42. The van der Waals surface area contributed by atoms with E-state index in [-0.39, 0.29) is 5.69 Å². The maximum Gasteiger partial charge on any atom is 0.357 e. The van der Waals surface area contributed by atoms with Crippen LogP contribution in [0.15, 0.2) is 0 Å². The van der Waals surface area contributed by atoms with E-state index in [2.05, 4.69) is 11.9 Å². The molecule has 0 amide bonds. The van der Waals surface area contributed by atoms with Crippen molar-refractivity contribution < 1.29 is 9.90 Å². The molecule has 1 heterocycles. The summed E-state index contributed by atoms with van der Waals surface area (Å²) in [4.78, 5) is 14.5. The van der Waals surface area contributed by atoms with Gasteiger partial charge in [0, 0.05) is 0 Å². The molecule has 0 atom stereocenters. The lowest BCUT2D eigenvalue weighted by Gasteiger charge is -1.89. The monoisotopic (exact) mass is 200 g/mol. The van der Waals surface area contributed by atoms with Crippen molar-refractivity contribution in [2.24, 2.45) is 0 Å². The molecule has 0 aliphatic rings. The summed E-state index contributed by atoms with van der Waals surface area (Å²) in [6.45, 7) is 2.08. The maximum atomic E-state index is 10.6. The van der Waals surface area contributed by atoms with Gasteiger partial charge in [0.05, 0.1) is 5.01 Å². The first-order valence-electron chi connectivity index (χ1n) is 4.13. The predicted molar refractivity (Wildman–Crippen MR) is 52.1 cm³/mol. The number of unbranched alkanes of at least 4 members (excludes halogenated alkanes) is 1. The van der Waals surface area contributed by atoms with Crippen molar-refractivity contribution in [3.63, 3.8) is 0 Å². The summed E-state index contributed by atoms with van der Waals surface area (Å²) in [5.41, 5.74) is 5.49. The van der Waals surface area contributed by atoms with Crippen LogP contribution in [0.4, 0.5) is 5.00 Å². The number of carboxylic acid groups (broad SMARTS) is 1. The van der Waals surface area contributed by atoms with Crippen LogP contribution in [0.1, 0.15) is 35.3 Å². The molecule has 0 saturated heterocycles. The summed E-state index contributed by atoms with van der Waals surface area (Å²) in [6, 6.07) is 0. The molecule has 5 heteroatoms. The fourth-order valence-corrected chi connectivity index (χ4v) is 1.83. The van der Waals surface area contributed by atoms with Gasteiger partial charge in [-0.05, 0) is 12.8 Å². The lowest BCUT2D eigenvalue weighted by atomic mass is 10.3. The summed E-state index contributed by atoms with van der Waals surface area (Å²) in [7, 11) is 0. The quantitative estimate of drug-likeness (QED) is 0.776. The van der Waals surface area contributed by atoms with Gasteiger partial charge in [0.15, 0.2) is 5.69 Å². The van der Waals surface area contributed by atoms with Crippen LogP contribution in [0.2, 0.25) is 0 Å². The minimum atomic E-state index is -1.04. The molecule has 0 fully saturated rings.